The Labute approximate surface area is 159 Å². The highest BCUT2D eigenvalue weighted by Gasteiger charge is 2.60. The fraction of sp³-hybridized carbons (Fsp3) is 0.538. The Morgan fingerprint density at radius 1 is 1.05 bits per heavy atom. The molecule has 1 rings (SSSR count). The van der Waals surface area contributed by atoms with Crippen LogP contribution in [-0.2, 0) is 4.33 Å². The summed E-state index contributed by atoms with van der Waals surface area (Å²) >= 11 is 41.9. The topological polar surface area (TPSA) is 20.2 Å². The number of rotatable bonds is 5. The second-order valence-corrected chi connectivity index (χ2v) is 9.51. The number of alkyl halides is 7. The number of aliphatic hydroxyl groups is 1. The summed E-state index contributed by atoms with van der Waals surface area (Å²) in [6.07, 6.45) is 0.770. The van der Waals surface area contributed by atoms with E-state index >= 15 is 0 Å². The van der Waals surface area contributed by atoms with Crippen LogP contribution in [0.3, 0.4) is 0 Å². The lowest BCUT2D eigenvalue weighted by Crippen LogP contribution is -2.45. The summed E-state index contributed by atoms with van der Waals surface area (Å²) in [6.45, 7) is 1.96. The van der Waals surface area contributed by atoms with Gasteiger partial charge in [0.15, 0.2) is 4.33 Å². The summed E-state index contributed by atoms with van der Waals surface area (Å²) in [5.41, 5.74) is 0.961. The molecule has 0 spiro atoms. The number of hydrogen-bond acceptors (Lipinski definition) is 1. The Morgan fingerprint density at radius 3 is 2.10 bits per heavy atom. The molecule has 8 heteroatoms. The summed E-state index contributed by atoms with van der Waals surface area (Å²) < 4.78 is -6.09. The van der Waals surface area contributed by atoms with Gasteiger partial charge in [0.1, 0.15) is 0 Å². The Morgan fingerprint density at radius 2 is 1.62 bits per heavy atom. The van der Waals surface area contributed by atoms with Crippen molar-refractivity contribution in [3.63, 3.8) is 0 Å². The standard InChI is InChI=1S/C13H13Cl7O/c1-2-4-10(21)8-5-3-6-9(7-8)11(14,15)12(16,17)13(18,19)20/h3,5-7,10,21H,2,4H2,1H3. The van der Waals surface area contributed by atoms with Gasteiger partial charge in [0.05, 0.1) is 6.10 Å². The normalized spacial score (nSPS) is 15.1. The van der Waals surface area contributed by atoms with Crippen LogP contribution in [0.5, 0.6) is 0 Å². The molecule has 120 valence electrons. The smallest absolute Gasteiger partial charge is 0.226 e. The molecule has 0 radical (unpaired) electrons. The molecule has 0 aliphatic rings. The zero-order valence-corrected chi connectivity index (χ0v) is 16.2. The average Bonchev–Trinajstić information content (AvgIpc) is 2.37. The predicted molar refractivity (Wildman–Crippen MR) is 94.4 cm³/mol. The molecule has 1 unspecified atom stereocenters. The molecular formula is C13H13Cl7O. The van der Waals surface area contributed by atoms with Gasteiger partial charge in [-0.15, -0.1) is 0 Å². The van der Waals surface area contributed by atoms with Crippen LogP contribution >= 0.6 is 81.2 Å². The molecule has 0 fully saturated rings. The number of hydrogen-bond donors (Lipinski definition) is 1. The molecular weight excluding hydrogens is 420 g/mol. The van der Waals surface area contributed by atoms with E-state index in [1.165, 1.54) is 0 Å². The van der Waals surface area contributed by atoms with Crippen molar-refractivity contribution in [3.05, 3.63) is 35.4 Å². The van der Waals surface area contributed by atoms with Gasteiger partial charge in [-0.25, -0.2) is 0 Å². The summed E-state index contributed by atoms with van der Waals surface area (Å²) in [5.74, 6) is 0. The summed E-state index contributed by atoms with van der Waals surface area (Å²) in [6, 6.07) is 6.60. The first-order valence-electron chi connectivity index (χ1n) is 6.06. The van der Waals surface area contributed by atoms with Gasteiger partial charge in [-0.3, -0.25) is 0 Å². The SMILES string of the molecule is CCCC(O)c1cccc(C(Cl)(Cl)C(Cl)(Cl)C(Cl)(Cl)Cl)c1. The van der Waals surface area contributed by atoms with E-state index in [-0.39, 0.29) is 0 Å². The van der Waals surface area contributed by atoms with E-state index in [0.717, 1.165) is 6.42 Å². The lowest BCUT2D eigenvalue weighted by molar-refractivity contribution is 0.166. The van der Waals surface area contributed by atoms with Crippen LogP contribution in [0.2, 0.25) is 0 Å². The first-order chi connectivity index (χ1) is 9.45. The molecule has 1 aromatic carbocycles. The largest absolute Gasteiger partial charge is 0.388 e. The van der Waals surface area contributed by atoms with E-state index in [1.54, 1.807) is 24.3 Å². The Balaban J connectivity index is 3.24. The van der Waals surface area contributed by atoms with Crippen molar-refractivity contribution >= 4 is 81.2 Å². The molecule has 0 aromatic heterocycles. The minimum Gasteiger partial charge on any atom is -0.388 e. The van der Waals surface area contributed by atoms with Gasteiger partial charge in [0.2, 0.25) is 8.13 Å². The maximum atomic E-state index is 10.0. The van der Waals surface area contributed by atoms with Crippen molar-refractivity contribution in [3.8, 4) is 0 Å². The van der Waals surface area contributed by atoms with Gasteiger partial charge >= 0.3 is 0 Å². The monoisotopic (exact) mass is 430 g/mol. The fourth-order valence-electron chi connectivity index (χ4n) is 1.74. The molecule has 0 aliphatic carbocycles. The quantitative estimate of drug-likeness (QED) is 0.513. The van der Waals surface area contributed by atoms with Gasteiger partial charge in [-0.1, -0.05) is 119 Å². The summed E-state index contributed by atoms with van der Waals surface area (Å²) in [4.78, 5) is 0. The first-order valence-corrected chi connectivity index (χ1v) is 8.70. The van der Waals surface area contributed by atoms with Crippen molar-refractivity contribution in [2.45, 2.75) is 38.3 Å². The second kappa shape index (κ2) is 7.40. The third-order valence-electron chi connectivity index (χ3n) is 2.95. The zero-order chi connectivity index (χ0) is 16.5. The van der Waals surface area contributed by atoms with E-state index in [1.807, 2.05) is 6.92 Å². The fourth-order valence-corrected chi connectivity index (χ4v) is 3.19. The van der Waals surface area contributed by atoms with Crippen LogP contribution in [0.15, 0.2) is 24.3 Å². The minimum atomic E-state index is -2.11. The Hall–Kier alpha value is 1.21. The Kier molecular flexibility index (Phi) is 7.14. The van der Waals surface area contributed by atoms with Crippen LogP contribution in [0.25, 0.3) is 0 Å². The highest BCUT2D eigenvalue weighted by molar-refractivity contribution is 6.78. The third kappa shape index (κ3) is 4.39. The number of aliphatic hydroxyl groups excluding tert-OH is 1. The number of benzene rings is 1. The molecule has 1 nitrogen and oxygen atoms in total. The minimum absolute atomic E-state index is 0.329. The molecule has 0 aliphatic heterocycles. The predicted octanol–water partition coefficient (Wildman–Crippen LogP) is 6.69. The van der Waals surface area contributed by atoms with E-state index in [9.17, 15) is 5.11 Å². The summed E-state index contributed by atoms with van der Waals surface area (Å²) in [5, 5.41) is 10.0. The number of halogens is 7. The molecule has 1 N–H and O–H groups in total. The highest BCUT2D eigenvalue weighted by Crippen LogP contribution is 2.60. The van der Waals surface area contributed by atoms with E-state index in [0.29, 0.717) is 17.5 Å². The maximum absolute atomic E-state index is 10.0. The molecule has 0 bridgehead atoms. The van der Waals surface area contributed by atoms with E-state index < -0.39 is 18.6 Å². The molecule has 1 atom stereocenters. The molecule has 1 aromatic rings. The van der Waals surface area contributed by atoms with Crippen LogP contribution in [0.1, 0.15) is 37.0 Å². The maximum Gasteiger partial charge on any atom is 0.226 e. The van der Waals surface area contributed by atoms with Crippen LogP contribution in [0.4, 0.5) is 0 Å². The van der Waals surface area contributed by atoms with E-state index in [4.69, 9.17) is 81.2 Å². The van der Waals surface area contributed by atoms with Crippen molar-refractivity contribution in [1.82, 2.24) is 0 Å². The first kappa shape index (κ1) is 20.3. The molecule has 0 saturated heterocycles. The van der Waals surface area contributed by atoms with Crippen molar-refractivity contribution in [2.24, 2.45) is 0 Å². The van der Waals surface area contributed by atoms with Crippen LogP contribution in [-0.4, -0.2) is 13.2 Å². The van der Waals surface area contributed by atoms with Crippen LogP contribution < -0.4 is 0 Å². The highest BCUT2D eigenvalue weighted by atomic mass is 35.6. The van der Waals surface area contributed by atoms with Crippen LogP contribution in [0, 0.1) is 0 Å². The van der Waals surface area contributed by atoms with Gasteiger partial charge in [0.25, 0.3) is 0 Å². The van der Waals surface area contributed by atoms with Crippen molar-refractivity contribution < 1.29 is 5.11 Å². The Bertz CT molecular complexity index is 482. The second-order valence-electron chi connectivity index (χ2n) is 4.58. The lowest BCUT2D eigenvalue weighted by atomic mass is 10.00. The zero-order valence-electron chi connectivity index (χ0n) is 10.9. The molecule has 0 heterocycles. The average molecular weight is 433 g/mol. The van der Waals surface area contributed by atoms with Gasteiger partial charge < -0.3 is 5.11 Å². The van der Waals surface area contributed by atoms with Gasteiger partial charge in [0, 0.05) is 0 Å². The third-order valence-corrected chi connectivity index (χ3v) is 6.90. The van der Waals surface area contributed by atoms with Crippen molar-refractivity contribution in [1.29, 1.82) is 0 Å². The van der Waals surface area contributed by atoms with E-state index in [2.05, 4.69) is 0 Å². The van der Waals surface area contributed by atoms with Crippen molar-refractivity contribution in [2.75, 3.05) is 0 Å². The van der Waals surface area contributed by atoms with Gasteiger partial charge in [-0.2, -0.15) is 0 Å². The molecule has 0 amide bonds. The summed E-state index contributed by atoms with van der Waals surface area (Å²) in [7, 11) is 0. The lowest BCUT2D eigenvalue weighted by Gasteiger charge is -2.38. The molecule has 21 heavy (non-hydrogen) atoms. The van der Waals surface area contributed by atoms with Gasteiger partial charge in [-0.05, 0) is 17.5 Å². The molecule has 0 saturated carbocycles.